The van der Waals surface area contributed by atoms with Crippen LogP contribution in [-0.4, -0.2) is 24.6 Å². The molecule has 2 aromatic rings. The van der Waals surface area contributed by atoms with Gasteiger partial charge in [-0.2, -0.15) is 0 Å². The van der Waals surface area contributed by atoms with Crippen molar-refractivity contribution in [2.45, 2.75) is 50.9 Å². The molecule has 1 aromatic carbocycles. The first-order valence-electron chi connectivity index (χ1n) is 12.5. The van der Waals surface area contributed by atoms with Crippen molar-refractivity contribution in [3.05, 3.63) is 76.1 Å². The largest absolute Gasteiger partial charge is 0.317 e. The summed E-state index contributed by atoms with van der Waals surface area (Å²) in [6, 6.07) is 12.7. The molecule has 0 radical (unpaired) electrons. The predicted octanol–water partition coefficient (Wildman–Crippen LogP) is 6.38. The van der Waals surface area contributed by atoms with E-state index in [1.807, 2.05) is 6.07 Å². The van der Waals surface area contributed by atoms with E-state index < -0.39 is 0 Å². The SMILES string of the molecule is C=C(C(=O)C1=CC2CC2C(c2cccs2)=N1)c1ccccc1C1CCCC2(CCNCC2)C1. The number of nitrogens with zero attached hydrogens (tertiary/aromatic N) is 1. The van der Waals surface area contributed by atoms with Crippen LogP contribution in [0.25, 0.3) is 5.57 Å². The van der Waals surface area contributed by atoms with E-state index in [1.54, 1.807) is 11.3 Å². The summed E-state index contributed by atoms with van der Waals surface area (Å²) in [5.41, 5.74) is 5.12. The van der Waals surface area contributed by atoms with Crippen LogP contribution in [-0.2, 0) is 4.79 Å². The number of benzene rings is 1. The molecule has 2 aliphatic heterocycles. The molecule has 2 aliphatic carbocycles. The van der Waals surface area contributed by atoms with E-state index in [0.717, 1.165) is 30.8 Å². The van der Waals surface area contributed by atoms with Crippen LogP contribution < -0.4 is 5.32 Å². The molecular formula is C29H32N2OS. The van der Waals surface area contributed by atoms with Gasteiger partial charge in [0.25, 0.3) is 0 Å². The van der Waals surface area contributed by atoms with Crippen molar-refractivity contribution in [1.82, 2.24) is 5.32 Å². The molecule has 3 unspecified atom stereocenters. The molecule has 4 aliphatic rings. The van der Waals surface area contributed by atoms with Crippen LogP contribution >= 0.6 is 11.3 Å². The monoisotopic (exact) mass is 456 g/mol. The summed E-state index contributed by atoms with van der Waals surface area (Å²) in [5, 5.41) is 5.62. The summed E-state index contributed by atoms with van der Waals surface area (Å²) < 4.78 is 0. The van der Waals surface area contributed by atoms with Crippen LogP contribution in [0, 0.1) is 17.3 Å². The second-order valence-corrected chi connectivity index (χ2v) is 11.4. The Kier molecular flexibility index (Phi) is 5.46. The number of aliphatic imine (C=N–C) groups is 1. The molecule has 1 N–H and O–H groups in total. The highest BCUT2D eigenvalue weighted by Gasteiger charge is 2.44. The topological polar surface area (TPSA) is 41.5 Å². The molecule has 1 aromatic heterocycles. The molecule has 0 amide bonds. The first kappa shape index (κ1) is 21.2. The number of hydrogen-bond donors (Lipinski definition) is 1. The Morgan fingerprint density at radius 2 is 1.97 bits per heavy atom. The van der Waals surface area contributed by atoms with E-state index in [4.69, 9.17) is 4.99 Å². The van der Waals surface area contributed by atoms with Crippen molar-refractivity contribution >= 4 is 28.4 Å². The van der Waals surface area contributed by atoms with Crippen molar-refractivity contribution in [1.29, 1.82) is 0 Å². The zero-order valence-corrected chi connectivity index (χ0v) is 20.0. The molecule has 33 heavy (non-hydrogen) atoms. The fourth-order valence-electron chi connectivity index (χ4n) is 6.49. The van der Waals surface area contributed by atoms with Crippen LogP contribution in [0.4, 0.5) is 0 Å². The molecule has 3 fully saturated rings. The number of carbonyl (C=O) groups excluding carboxylic acids is 1. The Hall–Kier alpha value is -2.30. The van der Waals surface area contributed by atoms with Gasteiger partial charge in [-0.1, -0.05) is 49.4 Å². The van der Waals surface area contributed by atoms with Gasteiger partial charge in [0, 0.05) is 16.4 Å². The van der Waals surface area contributed by atoms with Crippen molar-refractivity contribution in [2.24, 2.45) is 22.2 Å². The third-order valence-corrected chi connectivity index (χ3v) is 9.31. The van der Waals surface area contributed by atoms with Gasteiger partial charge in [0.2, 0.25) is 5.78 Å². The number of nitrogens with one attached hydrogen (secondary N) is 1. The quantitative estimate of drug-likeness (QED) is 0.530. The third kappa shape index (κ3) is 3.98. The molecular weight excluding hydrogens is 424 g/mol. The van der Waals surface area contributed by atoms with Crippen LogP contribution in [0.2, 0.25) is 0 Å². The Morgan fingerprint density at radius 3 is 2.79 bits per heavy atom. The van der Waals surface area contributed by atoms with Gasteiger partial charge < -0.3 is 5.32 Å². The van der Waals surface area contributed by atoms with E-state index in [2.05, 4.69) is 53.7 Å². The molecule has 1 saturated heterocycles. The fourth-order valence-corrected chi connectivity index (χ4v) is 7.26. The normalized spacial score (nSPS) is 27.9. The number of carbonyl (C=O) groups is 1. The molecule has 1 spiro atoms. The molecule has 2 saturated carbocycles. The Morgan fingerprint density at radius 1 is 1.12 bits per heavy atom. The highest BCUT2D eigenvalue weighted by atomic mass is 32.1. The summed E-state index contributed by atoms with van der Waals surface area (Å²) in [6.45, 7) is 6.60. The maximum atomic E-state index is 13.6. The molecule has 3 atom stereocenters. The van der Waals surface area contributed by atoms with Crippen LogP contribution in [0.5, 0.6) is 0 Å². The number of ketones is 1. The molecule has 0 bridgehead atoms. The molecule has 3 nitrogen and oxygen atoms in total. The van der Waals surface area contributed by atoms with E-state index in [0.29, 0.717) is 34.4 Å². The molecule has 170 valence electrons. The van der Waals surface area contributed by atoms with E-state index in [-0.39, 0.29) is 5.78 Å². The van der Waals surface area contributed by atoms with Gasteiger partial charge >= 0.3 is 0 Å². The number of hydrogen-bond acceptors (Lipinski definition) is 4. The number of Topliss-reactive ketones (excluding diaryl/α,β-unsaturated/α-hetero) is 1. The zero-order valence-electron chi connectivity index (χ0n) is 19.2. The summed E-state index contributed by atoms with van der Waals surface area (Å²) >= 11 is 1.71. The minimum Gasteiger partial charge on any atom is -0.317 e. The molecule has 3 heterocycles. The third-order valence-electron chi connectivity index (χ3n) is 8.41. The maximum Gasteiger partial charge on any atom is 0.211 e. The van der Waals surface area contributed by atoms with Gasteiger partial charge in [-0.25, -0.2) is 4.99 Å². The standard InChI is InChI=1S/C29H32N2OS/c1-19(28(32)25-17-21-16-24(21)27(31-25)26-9-5-15-33-26)22-7-2-3-8-23(22)20-6-4-10-29(18-20)11-13-30-14-12-29/h2-3,5,7-9,15,17,20-21,24,30H,1,4,6,10-14,16,18H2. The Labute approximate surface area is 200 Å². The number of allylic oxidation sites excluding steroid dienone is 2. The number of piperidine rings is 1. The van der Waals surface area contributed by atoms with Crippen LogP contribution in [0.3, 0.4) is 0 Å². The first-order valence-corrected chi connectivity index (χ1v) is 13.4. The highest BCUT2D eigenvalue weighted by molar-refractivity contribution is 7.12. The van der Waals surface area contributed by atoms with Crippen molar-refractivity contribution < 1.29 is 4.79 Å². The smallest absolute Gasteiger partial charge is 0.211 e. The summed E-state index contributed by atoms with van der Waals surface area (Å²) in [5.74, 6) is 1.45. The van der Waals surface area contributed by atoms with Crippen molar-refractivity contribution in [2.75, 3.05) is 13.1 Å². The second kappa shape index (κ2) is 8.48. The Bertz CT molecular complexity index is 1130. The highest BCUT2D eigenvalue weighted by Crippen LogP contribution is 2.50. The lowest BCUT2D eigenvalue weighted by Gasteiger charge is -2.44. The minimum absolute atomic E-state index is 0.00533. The summed E-state index contributed by atoms with van der Waals surface area (Å²) in [4.78, 5) is 19.7. The summed E-state index contributed by atoms with van der Waals surface area (Å²) in [7, 11) is 0. The average molecular weight is 457 g/mol. The van der Waals surface area contributed by atoms with E-state index >= 15 is 0 Å². The first-order chi connectivity index (χ1) is 16.1. The van der Waals surface area contributed by atoms with Crippen molar-refractivity contribution in [3.8, 4) is 0 Å². The van der Waals surface area contributed by atoms with Gasteiger partial charge in [-0.15, -0.1) is 11.3 Å². The second-order valence-electron chi connectivity index (χ2n) is 10.5. The van der Waals surface area contributed by atoms with Gasteiger partial charge in [0.15, 0.2) is 0 Å². The van der Waals surface area contributed by atoms with Crippen LogP contribution in [0.1, 0.15) is 66.9 Å². The minimum atomic E-state index is -0.00533. The predicted molar refractivity (Wildman–Crippen MR) is 137 cm³/mol. The van der Waals surface area contributed by atoms with Gasteiger partial charge in [0.1, 0.15) is 5.70 Å². The lowest BCUT2D eigenvalue weighted by Crippen LogP contribution is -2.39. The number of fused-ring (bicyclic) bond motifs is 1. The molecule has 4 heteroatoms. The number of thiophene rings is 1. The molecule has 6 rings (SSSR count). The zero-order chi connectivity index (χ0) is 22.4. The van der Waals surface area contributed by atoms with Crippen LogP contribution in [0.15, 0.2) is 65.1 Å². The van der Waals surface area contributed by atoms with Gasteiger partial charge in [0.05, 0.1) is 5.71 Å². The maximum absolute atomic E-state index is 13.6. The van der Waals surface area contributed by atoms with Crippen molar-refractivity contribution in [3.63, 3.8) is 0 Å². The van der Waals surface area contributed by atoms with E-state index in [9.17, 15) is 4.79 Å². The lowest BCUT2D eigenvalue weighted by atomic mass is 9.63. The lowest BCUT2D eigenvalue weighted by molar-refractivity contribution is -0.110. The fraction of sp³-hybridized carbons (Fsp3) is 0.448. The van der Waals surface area contributed by atoms with Gasteiger partial charge in [-0.05, 0) is 91.4 Å². The van der Waals surface area contributed by atoms with Gasteiger partial charge in [-0.3, -0.25) is 4.79 Å². The average Bonchev–Trinajstić information content (AvgIpc) is 3.44. The summed E-state index contributed by atoms with van der Waals surface area (Å²) in [6.07, 6.45) is 10.8. The number of rotatable bonds is 5. The Balaban J connectivity index is 1.27. The van der Waals surface area contributed by atoms with E-state index in [1.165, 1.54) is 49.0 Å².